The van der Waals surface area contributed by atoms with Crippen molar-refractivity contribution in [2.75, 3.05) is 14.2 Å². The maximum absolute atomic E-state index is 5.25. The molecule has 0 aliphatic heterocycles. The molecule has 16 heavy (non-hydrogen) atoms. The summed E-state index contributed by atoms with van der Waals surface area (Å²) < 4.78 is 10.5. The number of hydrogen-bond acceptors (Lipinski definition) is 4. The Labute approximate surface area is 94.2 Å². The van der Waals surface area contributed by atoms with E-state index in [1.54, 1.807) is 14.2 Å². The summed E-state index contributed by atoms with van der Waals surface area (Å²) in [6.45, 7) is 3.84. The Morgan fingerprint density at radius 2 is 1.56 bits per heavy atom. The highest BCUT2D eigenvalue weighted by atomic mass is 16.5. The van der Waals surface area contributed by atoms with E-state index >= 15 is 0 Å². The van der Waals surface area contributed by atoms with Crippen molar-refractivity contribution in [3.63, 3.8) is 0 Å². The highest BCUT2D eigenvalue weighted by Crippen LogP contribution is 2.32. The fraction of sp³-hybridized carbons (Fsp3) is 0.333. The molecule has 1 aromatic heterocycles. The van der Waals surface area contributed by atoms with Crippen LogP contribution in [0.1, 0.15) is 11.5 Å². The second-order valence-corrected chi connectivity index (χ2v) is 3.58. The van der Waals surface area contributed by atoms with Crippen molar-refractivity contribution < 1.29 is 9.47 Å². The Hall–Kier alpha value is -1.84. The summed E-state index contributed by atoms with van der Waals surface area (Å²) in [5, 5.41) is 0.989. The lowest BCUT2D eigenvalue weighted by atomic mass is 10.1. The van der Waals surface area contributed by atoms with E-state index in [1.807, 2.05) is 26.0 Å². The molecular formula is C12H14N2O2. The number of nitrogens with zero attached hydrogens (tertiary/aromatic N) is 2. The van der Waals surface area contributed by atoms with E-state index in [0.717, 1.165) is 22.4 Å². The van der Waals surface area contributed by atoms with Gasteiger partial charge >= 0.3 is 0 Å². The van der Waals surface area contributed by atoms with Crippen molar-refractivity contribution in [1.29, 1.82) is 0 Å². The fourth-order valence-corrected chi connectivity index (χ4v) is 1.75. The lowest BCUT2D eigenvalue weighted by Crippen LogP contribution is -1.96. The van der Waals surface area contributed by atoms with Crippen LogP contribution in [0.3, 0.4) is 0 Å². The fourth-order valence-electron chi connectivity index (χ4n) is 1.75. The van der Waals surface area contributed by atoms with Gasteiger partial charge in [0.05, 0.1) is 19.7 Å². The van der Waals surface area contributed by atoms with Crippen LogP contribution in [0, 0.1) is 13.8 Å². The maximum Gasteiger partial charge on any atom is 0.162 e. The van der Waals surface area contributed by atoms with Gasteiger partial charge in [0, 0.05) is 17.1 Å². The normalized spacial score (nSPS) is 10.5. The standard InChI is InChI=1S/C12H14N2O2/c1-7-9-5-11(15-3)12(16-4)6-10(9)14-8(2)13-7/h5-6H,1-4H3. The molecule has 0 saturated heterocycles. The summed E-state index contributed by atoms with van der Waals surface area (Å²) in [7, 11) is 3.23. The first-order valence-electron chi connectivity index (χ1n) is 5.02. The zero-order chi connectivity index (χ0) is 11.7. The van der Waals surface area contributed by atoms with Crippen LogP contribution in [-0.2, 0) is 0 Å². The third-order valence-electron chi connectivity index (χ3n) is 2.50. The average Bonchev–Trinajstić information content (AvgIpc) is 2.27. The van der Waals surface area contributed by atoms with Crippen molar-refractivity contribution in [1.82, 2.24) is 9.97 Å². The minimum Gasteiger partial charge on any atom is -0.493 e. The predicted octanol–water partition coefficient (Wildman–Crippen LogP) is 2.26. The van der Waals surface area contributed by atoms with Gasteiger partial charge in [-0.3, -0.25) is 0 Å². The molecule has 1 heterocycles. The molecule has 0 aliphatic carbocycles. The van der Waals surface area contributed by atoms with Crippen LogP contribution < -0.4 is 9.47 Å². The smallest absolute Gasteiger partial charge is 0.162 e. The van der Waals surface area contributed by atoms with Crippen LogP contribution in [0.2, 0.25) is 0 Å². The highest BCUT2D eigenvalue weighted by Gasteiger charge is 2.09. The highest BCUT2D eigenvalue weighted by molar-refractivity contribution is 5.84. The van der Waals surface area contributed by atoms with Crippen LogP contribution in [0.25, 0.3) is 10.9 Å². The Bertz CT molecular complexity index is 538. The summed E-state index contributed by atoms with van der Waals surface area (Å²) in [5.74, 6) is 2.15. The molecule has 0 amide bonds. The van der Waals surface area contributed by atoms with E-state index in [4.69, 9.17) is 9.47 Å². The Balaban J connectivity index is 2.78. The second kappa shape index (κ2) is 3.96. The van der Waals surface area contributed by atoms with Crippen molar-refractivity contribution in [3.8, 4) is 11.5 Å². The Morgan fingerprint density at radius 3 is 2.19 bits per heavy atom. The summed E-state index contributed by atoms with van der Waals surface area (Å²) in [6, 6.07) is 3.78. The lowest BCUT2D eigenvalue weighted by molar-refractivity contribution is 0.355. The van der Waals surface area contributed by atoms with Crippen LogP contribution in [0.5, 0.6) is 11.5 Å². The lowest BCUT2D eigenvalue weighted by Gasteiger charge is -2.10. The molecule has 1 aromatic carbocycles. The molecule has 0 N–H and O–H groups in total. The monoisotopic (exact) mass is 218 g/mol. The number of aryl methyl sites for hydroxylation is 2. The second-order valence-electron chi connectivity index (χ2n) is 3.58. The van der Waals surface area contributed by atoms with Gasteiger partial charge in [-0.2, -0.15) is 0 Å². The number of aromatic nitrogens is 2. The van der Waals surface area contributed by atoms with Crippen molar-refractivity contribution in [2.24, 2.45) is 0 Å². The van der Waals surface area contributed by atoms with E-state index in [9.17, 15) is 0 Å². The number of hydrogen-bond donors (Lipinski definition) is 0. The minimum atomic E-state index is 0.687. The Kier molecular flexibility index (Phi) is 2.64. The predicted molar refractivity (Wildman–Crippen MR) is 62.1 cm³/mol. The van der Waals surface area contributed by atoms with Gasteiger partial charge in [-0.25, -0.2) is 9.97 Å². The topological polar surface area (TPSA) is 44.2 Å². The van der Waals surface area contributed by atoms with E-state index in [-0.39, 0.29) is 0 Å². The van der Waals surface area contributed by atoms with Gasteiger partial charge in [-0.15, -0.1) is 0 Å². The molecule has 0 fully saturated rings. The van der Waals surface area contributed by atoms with Gasteiger partial charge in [-0.05, 0) is 19.9 Å². The average molecular weight is 218 g/mol. The van der Waals surface area contributed by atoms with E-state index in [0.29, 0.717) is 11.5 Å². The van der Waals surface area contributed by atoms with Gasteiger partial charge in [0.15, 0.2) is 11.5 Å². The molecule has 2 rings (SSSR count). The summed E-state index contributed by atoms with van der Waals surface area (Å²) in [6.07, 6.45) is 0. The zero-order valence-electron chi connectivity index (χ0n) is 9.87. The maximum atomic E-state index is 5.25. The largest absolute Gasteiger partial charge is 0.493 e. The van der Waals surface area contributed by atoms with Gasteiger partial charge in [0.1, 0.15) is 5.82 Å². The molecule has 84 valence electrons. The third kappa shape index (κ3) is 1.66. The first-order chi connectivity index (χ1) is 7.65. The molecule has 0 bridgehead atoms. The zero-order valence-corrected chi connectivity index (χ0v) is 9.87. The van der Waals surface area contributed by atoms with Gasteiger partial charge in [-0.1, -0.05) is 0 Å². The first kappa shape index (κ1) is 10.7. The number of fused-ring (bicyclic) bond motifs is 1. The molecule has 4 nitrogen and oxygen atoms in total. The molecule has 4 heteroatoms. The molecular weight excluding hydrogens is 204 g/mol. The first-order valence-corrected chi connectivity index (χ1v) is 5.02. The van der Waals surface area contributed by atoms with Crippen LogP contribution in [-0.4, -0.2) is 24.2 Å². The minimum absolute atomic E-state index is 0.687. The number of methoxy groups -OCH3 is 2. The molecule has 0 spiro atoms. The van der Waals surface area contributed by atoms with Crippen LogP contribution in [0.4, 0.5) is 0 Å². The van der Waals surface area contributed by atoms with Crippen molar-refractivity contribution in [2.45, 2.75) is 13.8 Å². The van der Waals surface area contributed by atoms with Crippen molar-refractivity contribution >= 4 is 10.9 Å². The third-order valence-corrected chi connectivity index (χ3v) is 2.50. The van der Waals surface area contributed by atoms with Gasteiger partial charge in [0.2, 0.25) is 0 Å². The molecule has 0 saturated carbocycles. The number of ether oxygens (including phenoxy) is 2. The van der Waals surface area contributed by atoms with E-state index in [1.165, 1.54) is 0 Å². The summed E-state index contributed by atoms with van der Waals surface area (Å²) in [5.41, 5.74) is 1.83. The number of benzene rings is 1. The van der Waals surface area contributed by atoms with E-state index < -0.39 is 0 Å². The van der Waals surface area contributed by atoms with E-state index in [2.05, 4.69) is 9.97 Å². The summed E-state index contributed by atoms with van der Waals surface area (Å²) >= 11 is 0. The quantitative estimate of drug-likeness (QED) is 0.775. The van der Waals surface area contributed by atoms with Crippen LogP contribution in [0.15, 0.2) is 12.1 Å². The molecule has 0 radical (unpaired) electrons. The summed E-state index contributed by atoms with van der Waals surface area (Å²) in [4.78, 5) is 8.70. The molecule has 0 aliphatic rings. The number of rotatable bonds is 2. The molecule has 0 atom stereocenters. The SMILES string of the molecule is COc1cc2nc(C)nc(C)c2cc1OC. The van der Waals surface area contributed by atoms with Gasteiger partial charge in [0.25, 0.3) is 0 Å². The molecule has 2 aromatic rings. The van der Waals surface area contributed by atoms with Gasteiger partial charge < -0.3 is 9.47 Å². The molecule has 0 unspecified atom stereocenters. The Morgan fingerprint density at radius 1 is 0.938 bits per heavy atom. The van der Waals surface area contributed by atoms with Crippen LogP contribution >= 0.6 is 0 Å². The van der Waals surface area contributed by atoms with Crippen molar-refractivity contribution in [3.05, 3.63) is 23.7 Å².